The van der Waals surface area contributed by atoms with Crippen molar-refractivity contribution in [3.63, 3.8) is 0 Å². The molecule has 0 aliphatic rings. The second kappa shape index (κ2) is 13.8. The van der Waals surface area contributed by atoms with Gasteiger partial charge in [-0.25, -0.2) is 0 Å². The summed E-state index contributed by atoms with van der Waals surface area (Å²) in [5.74, 6) is 0. The third-order valence-electron chi connectivity index (χ3n) is 4.43. The summed E-state index contributed by atoms with van der Waals surface area (Å²) in [6.45, 7) is 2.72. The Labute approximate surface area is 148 Å². The lowest BCUT2D eigenvalue weighted by Crippen LogP contribution is -2.46. The fraction of sp³-hybridized carbons (Fsp3) is 0.684. The van der Waals surface area contributed by atoms with Crippen LogP contribution in [-0.4, -0.2) is 18.6 Å². The van der Waals surface area contributed by atoms with E-state index < -0.39 is 0 Å². The zero-order chi connectivity index (χ0) is 16.2. The minimum absolute atomic E-state index is 0. The van der Waals surface area contributed by atoms with Crippen molar-refractivity contribution in [3.8, 4) is 0 Å². The van der Waals surface area contributed by atoms with Gasteiger partial charge in [-0.3, -0.25) is 0 Å². The molecular formula is C19H36ClN3. The van der Waals surface area contributed by atoms with Crippen LogP contribution in [0, 0.1) is 0 Å². The van der Waals surface area contributed by atoms with E-state index in [1.165, 1.54) is 56.1 Å². The van der Waals surface area contributed by atoms with Crippen LogP contribution in [0.2, 0.25) is 0 Å². The summed E-state index contributed by atoms with van der Waals surface area (Å²) in [5.41, 5.74) is 20.2. The van der Waals surface area contributed by atoms with Crippen LogP contribution in [0.5, 0.6) is 0 Å². The fourth-order valence-corrected chi connectivity index (χ4v) is 2.70. The minimum atomic E-state index is -0.0908. The Bertz CT molecular complexity index is 381. The zero-order valence-corrected chi connectivity index (χ0v) is 15.5. The molecule has 1 aromatic carbocycles. The monoisotopic (exact) mass is 341 g/mol. The predicted molar refractivity (Wildman–Crippen MR) is 104 cm³/mol. The topological polar surface area (TPSA) is 78.1 Å². The first-order chi connectivity index (χ1) is 10.7. The summed E-state index contributed by atoms with van der Waals surface area (Å²) in [6.07, 6.45) is 11.2. The molecule has 0 spiro atoms. The van der Waals surface area contributed by atoms with E-state index in [-0.39, 0.29) is 24.5 Å². The van der Waals surface area contributed by atoms with Crippen LogP contribution in [0.15, 0.2) is 24.3 Å². The average Bonchev–Trinajstić information content (AvgIpc) is 2.56. The van der Waals surface area contributed by atoms with Crippen molar-refractivity contribution in [1.82, 2.24) is 0 Å². The van der Waals surface area contributed by atoms with Crippen LogP contribution in [-0.2, 0) is 12.8 Å². The first-order valence-corrected chi connectivity index (χ1v) is 8.96. The lowest BCUT2D eigenvalue weighted by molar-refractivity contribution is 0.501. The molecule has 0 aromatic heterocycles. The normalized spacial score (nSPS) is 13.4. The summed E-state index contributed by atoms with van der Waals surface area (Å²) in [4.78, 5) is 0. The molecule has 1 rings (SSSR count). The van der Waals surface area contributed by atoms with Crippen molar-refractivity contribution >= 4 is 12.4 Å². The fourth-order valence-electron chi connectivity index (χ4n) is 2.70. The molecule has 23 heavy (non-hydrogen) atoms. The highest BCUT2D eigenvalue weighted by Crippen LogP contribution is 2.12. The molecule has 4 heteroatoms. The molecule has 0 saturated carbocycles. The minimum Gasteiger partial charge on any atom is -0.329 e. The van der Waals surface area contributed by atoms with Gasteiger partial charge in [0.15, 0.2) is 0 Å². The Morgan fingerprint density at radius 2 is 1.30 bits per heavy atom. The molecule has 0 saturated heterocycles. The third-order valence-corrected chi connectivity index (χ3v) is 4.43. The molecule has 0 radical (unpaired) electrons. The van der Waals surface area contributed by atoms with E-state index in [1.54, 1.807) is 0 Å². The van der Waals surface area contributed by atoms with Gasteiger partial charge in [0.25, 0.3) is 0 Å². The van der Waals surface area contributed by atoms with E-state index in [4.69, 9.17) is 17.2 Å². The van der Waals surface area contributed by atoms with Crippen LogP contribution >= 0.6 is 12.4 Å². The molecule has 134 valence electrons. The van der Waals surface area contributed by atoms with Crippen molar-refractivity contribution < 1.29 is 0 Å². The van der Waals surface area contributed by atoms with Crippen LogP contribution in [0.4, 0.5) is 0 Å². The number of nitrogens with two attached hydrogens (primary N) is 3. The summed E-state index contributed by atoms with van der Waals surface area (Å²) < 4.78 is 0. The molecule has 0 heterocycles. The van der Waals surface area contributed by atoms with Gasteiger partial charge >= 0.3 is 0 Å². The average molecular weight is 342 g/mol. The Morgan fingerprint density at radius 3 is 1.87 bits per heavy atom. The molecule has 3 nitrogen and oxygen atoms in total. The highest BCUT2D eigenvalue weighted by Gasteiger charge is 2.10. The highest BCUT2D eigenvalue weighted by molar-refractivity contribution is 5.85. The number of halogens is 1. The maximum atomic E-state index is 6.02. The molecule has 6 N–H and O–H groups in total. The van der Waals surface area contributed by atoms with E-state index in [1.807, 2.05) is 0 Å². The molecular weight excluding hydrogens is 306 g/mol. The van der Waals surface area contributed by atoms with Gasteiger partial charge in [0.2, 0.25) is 0 Å². The number of hydrogen-bond acceptors (Lipinski definition) is 3. The predicted octanol–water partition coefficient (Wildman–Crippen LogP) is 3.56. The molecule has 2 atom stereocenters. The standard InChI is InChI=1S/C19H35N3.ClH/c1-2-3-4-5-6-7-8-16-9-11-17(12-10-16)13-14-18(21)19(22)15-20;/h9-12,18-19H,2-8,13-15,20-22H2,1H3;1H. The molecule has 0 amide bonds. The van der Waals surface area contributed by atoms with Crippen molar-refractivity contribution in [2.75, 3.05) is 6.54 Å². The van der Waals surface area contributed by atoms with E-state index in [0.717, 1.165) is 12.8 Å². The first kappa shape index (κ1) is 22.4. The Hall–Kier alpha value is -0.610. The lowest BCUT2D eigenvalue weighted by Gasteiger charge is -2.17. The molecule has 1 aromatic rings. The molecule has 0 fully saturated rings. The van der Waals surface area contributed by atoms with E-state index in [9.17, 15) is 0 Å². The zero-order valence-electron chi connectivity index (χ0n) is 14.7. The van der Waals surface area contributed by atoms with E-state index in [0.29, 0.717) is 6.54 Å². The third kappa shape index (κ3) is 9.98. The van der Waals surface area contributed by atoms with Crippen molar-refractivity contribution in [1.29, 1.82) is 0 Å². The summed E-state index contributed by atoms with van der Waals surface area (Å²) in [7, 11) is 0. The van der Waals surface area contributed by atoms with Gasteiger partial charge in [0.05, 0.1) is 0 Å². The SMILES string of the molecule is CCCCCCCCc1ccc(CCC(N)C(N)CN)cc1.Cl. The van der Waals surface area contributed by atoms with Crippen LogP contribution in [0.25, 0.3) is 0 Å². The largest absolute Gasteiger partial charge is 0.329 e. The van der Waals surface area contributed by atoms with Gasteiger partial charge in [-0.05, 0) is 36.8 Å². The Morgan fingerprint density at radius 1 is 0.783 bits per heavy atom. The van der Waals surface area contributed by atoms with Gasteiger partial charge in [0, 0.05) is 18.6 Å². The van der Waals surface area contributed by atoms with Crippen LogP contribution in [0.1, 0.15) is 63.0 Å². The quantitative estimate of drug-likeness (QED) is 0.509. The Balaban J connectivity index is 0.00000484. The maximum Gasteiger partial charge on any atom is 0.0317 e. The lowest BCUT2D eigenvalue weighted by atomic mass is 9.99. The molecule has 0 bridgehead atoms. The smallest absolute Gasteiger partial charge is 0.0317 e. The van der Waals surface area contributed by atoms with Gasteiger partial charge in [0.1, 0.15) is 0 Å². The van der Waals surface area contributed by atoms with Crippen molar-refractivity contribution in [3.05, 3.63) is 35.4 Å². The van der Waals surface area contributed by atoms with Crippen molar-refractivity contribution in [2.45, 2.75) is 76.8 Å². The van der Waals surface area contributed by atoms with E-state index >= 15 is 0 Å². The first-order valence-electron chi connectivity index (χ1n) is 8.96. The van der Waals surface area contributed by atoms with Gasteiger partial charge in [-0.15, -0.1) is 12.4 Å². The summed E-state index contributed by atoms with van der Waals surface area (Å²) in [6, 6.07) is 8.88. The maximum absolute atomic E-state index is 6.02. The number of benzene rings is 1. The van der Waals surface area contributed by atoms with Gasteiger partial charge in [-0.2, -0.15) is 0 Å². The number of rotatable bonds is 12. The second-order valence-electron chi connectivity index (χ2n) is 6.44. The van der Waals surface area contributed by atoms with Gasteiger partial charge in [-0.1, -0.05) is 63.3 Å². The van der Waals surface area contributed by atoms with Gasteiger partial charge < -0.3 is 17.2 Å². The summed E-state index contributed by atoms with van der Waals surface area (Å²) >= 11 is 0. The molecule has 0 aliphatic carbocycles. The van der Waals surface area contributed by atoms with Crippen LogP contribution < -0.4 is 17.2 Å². The summed E-state index contributed by atoms with van der Waals surface area (Å²) in [5, 5.41) is 0. The number of aryl methyl sites for hydroxylation is 2. The van der Waals surface area contributed by atoms with Crippen LogP contribution in [0.3, 0.4) is 0 Å². The highest BCUT2D eigenvalue weighted by atomic mass is 35.5. The second-order valence-corrected chi connectivity index (χ2v) is 6.44. The molecule has 2 unspecified atom stereocenters. The number of hydrogen-bond donors (Lipinski definition) is 3. The van der Waals surface area contributed by atoms with Crippen molar-refractivity contribution in [2.24, 2.45) is 17.2 Å². The Kier molecular flexibility index (Phi) is 13.4. The number of unbranched alkanes of at least 4 members (excludes halogenated alkanes) is 5. The van der Waals surface area contributed by atoms with E-state index in [2.05, 4.69) is 31.2 Å². The molecule has 0 aliphatic heterocycles.